The average Bonchev–Trinajstić information content (AvgIpc) is 3.44. The zero-order chi connectivity index (χ0) is 22.5. The van der Waals surface area contributed by atoms with Gasteiger partial charge in [-0.3, -0.25) is 0 Å². The third-order valence-electron chi connectivity index (χ3n) is 4.99. The SMILES string of the molecule is O=C(O)c1cc2ccccc2n1Cc1cn(Cc2nc3cc(C(F)(F)F)ccc3o2)nn1. The van der Waals surface area contributed by atoms with Gasteiger partial charge in [0.2, 0.25) is 5.89 Å². The molecule has 11 heteroatoms. The number of aromatic nitrogens is 5. The van der Waals surface area contributed by atoms with Gasteiger partial charge in [0.25, 0.3) is 0 Å². The minimum Gasteiger partial charge on any atom is -0.477 e. The molecule has 0 radical (unpaired) electrons. The van der Waals surface area contributed by atoms with Gasteiger partial charge in [-0.1, -0.05) is 23.4 Å². The van der Waals surface area contributed by atoms with E-state index in [1.165, 1.54) is 10.7 Å². The minimum atomic E-state index is -4.47. The van der Waals surface area contributed by atoms with Crippen LogP contribution in [0.15, 0.2) is 59.1 Å². The van der Waals surface area contributed by atoms with E-state index in [4.69, 9.17) is 4.42 Å². The summed E-state index contributed by atoms with van der Waals surface area (Å²) in [5, 5.41) is 18.4. The van der Waals surface area contributed by atoms with Crippen LogP contribution in [0.25, 0.3) is 22.0 Å². The molecule has 0 aliphatic heterocycles. The maximum atomic E-state index is 12.9. The molecule has 162 valence electrons. The number of carboxylic acids is 1. The molecule has 0 bridgehead atoms. The van der Waals surface area contributed by atoms with Gasteiger partial charge in [0.05, 0.1) is 18.3 Å². The first-order chi connectivity index (χ1) is 15.3. The lowest BCUT2D eigenvalue weighted by Gasteiger charge is -2.05. The number of oxazole rings is 1. The number of halogens is 3. The van der Waals surface area contributed by atoms with E-state index < -0.39 is 17.7 Å². The van der Waals surface area contributed by atoms with Crippen LogP contribution in [-0.2, 0) is 19.3 Å². The van der Waals surface area contributed by atoms with Crippen LogP contribution < -0.4 is 0 Å². The number of benzene rings is 2. The van der Waals surface area contributed by atoms with Crippen LogP contribution in [0.2, 0.25) is 0 Å². The molecule has 0 aliphatic rings. The number of carboxylic acid groups (broad SMARTS) is 1. The summed E-state index contributed by atoms with van der Waals surface area (Å²) in [6.45, 7) is 0.235. The summed E-state index contributed by atoms with van der Waals surface area (Å²) in [6.07, 6.45) is -2.86. The molecule has 3 heterocycles. The highest BCUT2D eigenvalue weighted by atomic mass is 19.4. The Morgan fingerprint density at radius 3 is 2.69 bits per heavy atom. The fraction of sp³-hybridized carbons (Fsp3) is 0.143. The van der Waals surface area contributed by atoms with E-state index >= 15 is 0 Å². The highest BCUT2D eigenvalue weighted by Gasteiger charge is 2.31. The van der Waals surface area contributed by atoms with Crippen molar-refractivity contribution >= 4 is 28.0 Å². The maximum Gasteiger partial charge on any atom is 0.416 e. The van der Waals surface area contributed by atoms with Crippen LogP contribution in [0.5, 0.6) is 0 Å². The molecule has 0 amide bonds. The first-order valence-electron chi connectivity index (χ1n) is 9.45. The Kier molecular flexibility index (Phi) is 4.47. The number of alkyl halides is 3. The second-order valence-corrected chi connectivity index (χ2v) is 7.18. The van der Waals surface area contributed by atoms with Gasteiger partial charge in [0.1, 0.15) is 23.4 Å². The van der Waals surface area contributed by atoms with Crippen molar-refractivity contribution in [3.8, 4) is 0 Å². The molecular weight excluding hydrogens is 427 g/mol. The van der Waals surface area contributed by atoms with Crippen molar-refractivity contribution in [3.63, 3.8) is 0 Å². The summed E-state index contributed by atoms with van der Waals surface area (Å²) >= 11 is 0. The van der Waals surface area contributed by atoms with Crippen molar-refractivity contribution < 1.29 is 27.5 Å². The van der Waals surface area contributed by atoms with E-state index in [2.05, 4.69) is 15.3 Å². The second kappa shape index (κ2) is 7.22. The number of para-hydroxylation sites is 1. The predicted molar refractivity (Wildman–Crippen MR) is 106 cm³/mol. The maximum absolute atomic E-state index is 12.9. The molecule has 5 aromatic rings. The highest BCUT2D eigenvalue weighted by molar-refractivity contribution is 5.94. The zero-order valence-electron chi connectivity index (χ0n) is 16.2. The quantitative estimate of drug-likeness (QED) is 0.439. The van der Waals surface area contributed by atoms with Crippen LogP contribution in [0.3, 0.4) is 0 Å². The molecule has 3 aromatic heterocycles. The van der Waals surface area contributed by atoms with E-state index in [-0.39, 0.29) is 35.8 Å². The van der Waals surface area contributed by atoms with E-state index in [0.29, 0.717) is 5.69 Å². The fourth-order valence-electron chi connectivity index (χ4n) is 3.57. The van der Waals surface area contributed by atoms with Gasteiger partial charge in [-0.05, 0) is 30.3 Å². The first-order valence-corrected chi connectivity index (χ1v) is 9.45. The summed E-state index contributed by atoms with van der Waals surface area (Å²) in [7, 11) is 0. The lowest BCUT2D eigenvalue weighted by molar-refractivity contribution is -0.137. The number of carbonyl (C=O) groups is 1. The number of hydrogen-bond donors (Lipinski definition) is 1. The Hall–Kier alpha value is -4.15. The van der Waals surface area contributed by atoms with Gasteiger partial charge in [-0.15, -0.1) is 5.10 Å². The topological polar surface area (TPSA) is 99.0 Å². The molecule has 5 rings (SSSR count). The van der Waals surface area contributed by atoms with Crippen molar-refractivity contribution in [1.82, 2.24) is 24.5 Å². The molecule has 0 spiro atoms. The fourth-order valence-corrected chi connectivity index (χ4v) is 3.57. The summed E-state index contributed by atoms with van der Waals surface area (Å²) < 4.78 is 47.2. The Labute approximate surface area is 177 Å². The van der Waals surface area contributed by atoms with Crippen LogP contribution in [0.4, 0.5) is 13.2 Å². The number of nitrogens with zero attached hydrogens (tertiary/aromatic N) is 5. The van der Waals surface area contributed by atoms with Crippen LogP contribution in [0, 0.1) is 0 Å². The molecule has 0 aliphatic carbocycles. The molecule has 0 atom stereocenters. The van der Waals surface area contributed by atoms with Gasteiger partial charge in [-0.2, -0.15) is 13.2 Å². The molecule has 0 fully saturated rings. The Morgan fingerprint density at radius 2 is 1.91 bits per heavy atom. The minimum absolute atomic E-state index is 0.0568. The van der Waals surface area contributed by atoms with E-state index in [9.17, 15) is 23.1 Å². The molecule has 0 unspecified atom stereocenters. The van der Waals surface area contributed by atoms with Crippen molar-refractivity contribution in [2.75, 3.05) is 0 Å². The van der Waals surface area contributed by atoms with Crippen molar-refractivity contribution in [1.29, 1.82) is 0 Å². The first kappa shape index (κ1) is 19.8. The summed E-state index contributed by atoms with van der Waals surface area (Å²) in [5.74, 6) is -0.883. The second-order valence-electron chi connectivity index (χ2n) is 7.18. The predicted octanol–water partition coefficient (Wildman–Crippen LogP) is 4.19. The van der Waals surface area contributed by atoms with Crippen LogP contribution in [-0.4, -0.2) is 35.6 Å². The third kappa shape index (κ3) is 3.57. The molecular formula is C21H14F3N5O3. The molecule has 1 N–H and O–H groups in total. The Bertz CT molecular complexity index is 1460. The largest absolute Gasteiger partial charge is 0.477 e. The molecule has 8 nitrogen and oxygen atoms in total. The van der Waals surface area contributed by atoms with Gasteiger partial charge in [-0.25, -0.2) is 14.5 Å². The monoisotopic (exact) mass is 441 g/mol. The van der Waals surface area contributed by atoms with Gasteiger partial charge in [0, 0.05) is 10.9 Å². The number of aromatic carboxylic acids is 1. The lowest BCUT2D eigenvalue weighted by atomic mass is 10.2. The average molecular weight is 441 g/mol. The Morgan fingerprint density at radius 1 is 1.09 bits per heavy atom. The zero-order valence-corrected chi connectivity index (χ0v) is 16.2. The summed E-state index contributed by atoms with van der Waals surface area (Å²) in [6, 6.07) is 12.0. The molecule has 0 saturated carbocycles. The molecule has 32 heavy (non-hydrogen) atoms. The van der Waals surface area contributed by atoms with Gasteiger partial charge < -0.3 is 14.1 Å². The third-order valence-corrected chi connectivity index (χ3v) is 4.99. The number of hydrogen-bond acceptors (Lipinski definition) is 5. The highest BCUT2D eigenvalue weighted by Crippen LogP contribution is 2.31. The van der Waals surface area contributed by atoms with Gasteiger partial charge >= 0.3 is 12.1 Å². The lowest BCUT2D eigenvalue weighted by Crippen LogP contribution is -2.09. The summed E-state index contributed by atoms with van der Waals surface area (Å²) in [5.41, 5.74) is 0.905. The van der Waals surface area contributed by atoms with Gasteiger partial charge in [0.15, 0.2) is 5.58 Å². The van der Waals surface area contributed by atoms with Crippen LogP contribution >= 0.6 is 0 Å². The van der Waals surface area contributed by atoms with Crippen molar-refractivity contribution in [3.05, 3.63) is 77.6 Å². The Balaban J connectivity index is 1.40. The summed E-state index contributed by atoms with van der Waals surface area (Å²) in [4.78, 5) is 15.8. The van der Waals surface area contributed by atoms with E-state index in [0.717, 1.165) is 23.0 Å². The standard InChI is InChI=1S/C21H14F3N5O3/c22-21(23,24)13-5-6-18-15(8-13)25-19(32-18)11-28-9-14(26-27-28)10-29-16-4-2-1-3-12(16)7-17(29)20(30)31/h1-9H,10-11H2,(H,30,31). The smallest absolute Gasteiger partial charge is 0.416 e. The van der Waals surface area contributed by atoms with Crippen molar-refractivity contribution in [2.24, 2.45) is 0 Å². The molecule has 0 saturated heterocycles. The number of fused-ring (bicyclic) bond motifs is 2. The van der Waals surface area contributed by atoms with E-state index in [1.807, 2.05) is 24.3 Å². The van der Waals surface area contributed by atoms with Crippen molar-refractivity contribution in [2.45, 2.75) is 19.3 Å². The normalized spacial score (nSPS) is 12.1. The number of rotatable bonds is 5. The van der Waals surface area contributed by atoms with E-state index in [1.54, 1.807) is 16.8 Å². The molecule has 2 aromatic carbocycles. The van der Waals surface area contributed by atoms with Crippen LogP contribution in [0.1, 0.15) is 27.6 Å².